The fraction of sp³-hybridized carbons (Fsp3) is 0.786. The van der Waals surface area contributed by atoms with Crippen LogP contribution in [0.3, 0.4) is 0 Å². The number of unbranched alkanes of at least 4 members (excludes halogenated alkanes) is 3. The zero-order valence-corrected chi connectivity index (χ0v) is 12.5. The molecule has 0 saturated carbocycles. The van der Waals surface area contributed by atoms with Gasteiger partial charge in [0.15, 0.2) is 0 Å². The Hall–Kier alpha value is -0.410. The van der Waals surface area contributed by atoms with E-state index in [4.69, 9.17) is 0 Å². The van der Waals surface area contributed by atoms with E-state index in [-0.39, 0.29) is 0 Å². The molecule has 1 aromatic heterocycles. The summed E-state index contributed by atoms with van der Waals surface area (Å²) in [6.45, 7) is 9.69. The third-order valence-corrected chi connectivity index (χ3v) is 4.24. The Morgan fingerprint density at radius 2 is 2.00 bits per heavy atom. The van der Waals surface area contributed by atoms with Crippen molar-refractivity contribution in [1.29, 1.82) is 0 Å². The number of nitrogens with zero attached hydrogens (tertiary/aromatic N) is 1. The fourth-order valence-electron chi connectivity index (χ4n) is 1.86. The van der Waals surface area contributed by atoms with Gasteiger partial charge in [-0.1, -0.05) is 32.6 Å². The molecular formula is C14H26N2S. The zero-order chi connectivity index (χ0) is 12.7. The van der Waals surface area contributed by atoms with E-state index in [1.165, 1.54) is 47.7 Å². The summed E-state index contributed by atoms with van der Waals surface area (Å²) in [7, 11) is 0. The van der Waals surface area contributed by atoms with Gasteiger partial charge in [-0.2, -0.15) is 0 Å². The van der Waals surface area contributed by atoms with Crippen LogP contribution >= 0.6 is 11.3 Å². The molecule has 0 amide bonds. The molecule has 0 spiro atoms. The standard InChI is InChI=1S/C14H26N2S/c1-5-6-7-8-9-11(2)15-10-14-16-12(3)13(4)17-14/h11,15H,5-10H2,1-4H3. The van der Waals surface area contributed by atoms with Crippen molar-refractivity contribution < 1.29 is 0 Å². The summed E-state index contributed by atoms with van der Waals surface area (Å²) in [5.74, 6) is 0. The first-order chi connectivity index (χ1) is 8.13. The SMILES string of the molecule is CCCCCCC(C)NCc1nc(C)c(C)s1. The third-order valence-electron chi connectivity index (χ3n) is 3.17. The van der Waals surface area contributed by atoms with Crippen LogP contribution in [0, 0.1) is 13.8 Å². The smallest absolute Gasteiger partial charge is 0.107 e. The number of aryl methyl sites for hydroxylation is 2. The monoisotopic (exact) mass is 254 g/mol. The predicted octanol–water partition coefficient (Wildman–Crippen LogP) is 4.21. The number of rotatable bonds is 8. The molecule has 1 unspecified atom stereocenters. The average molecular weight is 254 g/mol. The first-order valence-corrected chi connectivity index (χ1v) is 7.61. The van der Waals surface area contributed by atoms with Crippen LogP contribution in [0.2, 0.25) is 0 Å². The lowest BCUT2D eigenvalue weighted by molar-refractivity contribution is 0.482. The molecule has 1 atom stereocenters. The maximum Gasteiger partial charge on any atom is 0.107 e. The normalized spacial score (nSPS) is 12.9. The lowest BCUT2D eigenvalue weighted by Gasteiger charge is -2.12. The predicted molar refractivity (Wildman–Crippen MR) is 76.6 cm³/mol. The van der Waals surface area contributed by atoms with E-state index in [9.17, 15) is 0 Å². The minimum atomic E-state index is 0.608. The van der Waals surface area contributed by atoms with Crippen LogP contribution in [-0.4, -0.2) is 11.0 Å². The summed E-state index contributed by atoms with van der Waals surface area (Å²) in [4.78, 5) is 5.89. The summed E-state index contributed by atoms with van der Waals surface area (Å²) >= 11 is 1.81. The van der Waals surface area contributed by atoms with Gasteiger partial charge in [-0.3, -0.25) is 0 Å². The van der Waals surface area contributed by atoms with Gasteiger partial charge < -0.3 is 5.32 Å². The number of thiazole rings is 1. The molecule has 0 radical (unpaired) electrons. The minimum absolute atomic E-state index is 0.608. The van der Waals surface area contributed by atoms with E-state index in [1.54, 1.807) is 0 Å². The van der Waals surface area contributed by atoms with Crippen molar-refractivity contribution in [1.82, 2.24) is 10.3 Å². The van der Waals surface area contributed by atoms with E-state index in [0.29, 0.717) is 6.04 Å². The van der Waals surface area contributed by atoms with Crippen LogP contribution in [0.25, 0.3) is 0 Å². The molecule has 1 N–H and O–H groups in total. The second kappa shape index (κ2) is 7.83. The Bertz CT molecular complexity index is 301. The molecule has 3 heteroatoms. The molecule has 0 saturated heterocycles. The van der Waals surface area contributed by atoms with E-state index in [1.807, 2.05) is 11.3 Å². The van der Waals surface area contributed by atoms with Crippen molar-refractivity contribution >= 4 is 11.3 Å². The molecule has 98 valence electrons. The molecule has 0 aliphatic rings. The largest absolute Gasteiger partial charge is 0.308 e. The Morgan fingerprint density at radius 3 is 2.59 bits per heavy atom. The van der Waals surface area contributed by atoms with Crippen molar-refractivity contribution in [2.24, 2.45) is 0 Å². The van der Waals surface area contributed by atoms with Gasteiger partial charge in [-0.05, 0) is 27.2 Å². The molecule has 0 aliphatic carbocycles. The van der Waals surface area contributed by atoms with Gasteiger partial charge in [0.1, 0.15) is 5.01 Å². The molecular weight excluding hydrogens is 228 g/mol. The van der Waals surface area contributed by atoms with Crippen LogP contribution in [0.5, 0.6) is 0 Å². The Kier molecular flexibility index (Phi) is 6.75. The van der Waals surface area contributed by atoms with Crippen LogP contribution in [-0.2, 0) is 6.54 Å². The van der Waals surface area contributed by atoms with E-state index < -0.39 is 0 Å². The van der Waals surface area contributed by atoms with Crippen LogP contribution in [0.4, 0.5) is 0 Å². The number of hydrogen-bond acceptors (Lipinski definition) is 3. The molecule has 1 heterocycles. The second-order valence-electron chi connectivity index (χ2n) is 4.88. The number of hydrogen-bond donors (Lipinski definition) is 1. The van der Waals surface area contributed by atoms with Crippen molar-refractivity contribution in [3.05, 3.63) is 15.6 Å². The first kappa shape index (κ1) is 14.7. The summed E-state index contributed by atoms with van der Waals surface area (Å²) < 4.78 is 0. The van der Waals surface area contributed by atoms with Gasteiger partial charge in [-0.15, -0.1) is 11.3 Å². The average Bonchev–Trinajstić information content (AvgIpc) is 2.62. The van der Waals surface area contributed by atoms with Gasteiger partial charge in [0.25, 0.3) is 0 Å². The molecule has 17 heavy (non-hydrogen) atoms. The van der Waals surface area contributed by atoms with E-state index in [0.717, 1.165) is 6.54 Å². The molecule has 1 aromatic rings. The highest BCUT2D eigenvalue weighted by Crippen LogP contribution is 2.16. The molecule has 1 rings (SSSR count). The maximum absolute atomic E-state index is 4.55. The second-order valence-corrected chi connectivity index (χ2v) is 6.17. The topological polar surface area (TPSA) is 24.9 Å². The van der Waals surface area contributed by atoms with Gasteiger partial charge >= 0.3 is 0 Å². The molecule has 2 nitrogen and oxygen atoms in total. The highest BCUT2D eigenvalue weighted by Gasteiger charge is 2.05. The van der Waals surface area contributed by atoms with Crippen molar-refractivity contribution in [2.45, 2.75) is 72.4 Å². The van der Waals surface area contributed by atoms with Crippen molar-refractivity contribution in [3.8, 4) is 0 Å². The first-order valence-electron chi connectivity index (χ1n) is 6.79. The van der Waals surface area contributed by atoms with Crippen LogP contribution in [0.15, 0.2) is 0 Å². The molecule has 0 fully saturated rings. The highest BCUT2D eigenvalue weighted by molar-refractivity contribution is 7.11. The fourth-order valence-corrected chi connectivity index (χ4v) is 2.74. The summed E-state index contributed by atoms with van der Waals surface area (Å²) in [5, 5.41) is 4.79. The van der Waals surface area contributed by atoms with Gasteiger partial charge in [0.05, 0.1) is 5.69 Å². The van der Waals surface area contributed by atoms with Gasteiger partial charge in [-0.25, -0.2) is 4.98 Å². The molecule has 0 aromatic carbocycles. The highest BCUT2D eigenvalue weighted by atomic mass is 32.1. The third kappa shape index (κ3) is 5.64. The maximum atomic E-state index is 4.55. The molecule has 0 aliphatic heterocycles. The minimum Gasteiger partial charge on any atom is -0.308 e. The van der Waals surface area contributed by atoms with Gasteiger partial charge in [0, 0.05) is 17.5 Å². The summed E-state index contributed by atoms with van der Waals surface area (Å²) in [5.41, 5.74) is 1.18. The lowest BCUT2D eigenvalue weighted by Crippen LogP contribution is -2.25. The Morgan fingerprint density at radius 1 is 1.24 bits per heavy atom. The van der Waals surface area contributed by atoms with Crippen molar-refractivity contribution in [2.75, 3.05) is 0 Å². The van der Waals surface area contributed by atoms with Crippen LogP contribution < -0.4 is 5.32 Å². The van der Waals surface area contributed by atoms with Crippen LogP contribution in [0.1, 0.15) is 61.5 Å². The Labute approximate surface area is 110 Å². The number of aromatic nitrogens is 1. The summed E-state index contributed by atoms with van der Waals surface area (Å²) in [6.07, 6.45) is 6.69. The Balaban J connectivity index is 2.17. The molecule has 0 bridgehead atoms. The summed E-state index contributed by atoms with van der Waals surface area (Å²) in [6, 6.07) is 0.608. The lowest BCUT2D eigenvalue weighted by atomic mass is 10.1. The quantitative estimate of drug-likeness (QED) is 0.703. The van der Waals surface area contributed by atoms with E-state index in [2.05, 4.69) is 38.0 Å². The van der Waals surface area contributed by atoms with Crippen molar-refractivity contribution in [3.63, 3.8) is 0 Å². The number of nitrogens with one attached hydrogen (secondary N) is 1. The zero-order valence-electron chi connectivity index (χ0n) is 11.7. The van der Waals surface area contributed by atoms with E-state index >= 15 is 0 Å². The van der Waals surface area contributed by atoms with Gasteiger partial charge in [0.2, 0.25) is 0 Å².